The van der Waals surface area contributed by atoms with Crippen LogP contribution in [0.5, 0.6) is 5.75 Å². The van der Waals surface area contributed by atoms with Crippen molar-refractivity contribution in [1.82, 2.24) is 9.97 Å². The number of fused-ring (bicyclic) bond motifs is 3. The Kier molecular flexibility index (Phi) is 11.6. The van der Waals surface area contributed by atoms with Gasteiger partial charge in [-0.1, -0.05) is 58.0 Å². The SMILES string of the molecule is C=NO/C(=C/CC)c1ccc(OC)cc1.CC.CN1C(=O)C(CCC2CCCCC2)c2c1cnc1[nH]ccc21. The number of rotatable bonds is 8. The van der Waals surface area contributed by atoms with Crippen molar-refractivity contribution < 1.29 is 14.4 Å². The second-order valence-corrected chi connectivity index (χ2v) is 9.75. The van der Waals surface area contributed by atoms with Gasteiger partial charge in [-0.3, -0.25) is 4.79 Å². The largest absolute Gasteiger partial charge is 0.497 e. The van der Waals surface area contributed by atoms with Gasteiger partial charge in [0.15, 0.2) is 5.76 Å². The van der Waals surface area contributed by atoms with Crippen LogP contribution in [-0.4, -0.2) is 36.8 Å². The fourth-order valence-electron chi connectivity index (χ4n) is 5.49. The highest BCUT2D eigenvalue weighted by atomic mass is 16.6. The quantitative estimate of drug-likeness (QED) is 0.181. The number of nitrogens with one attached hydrogen (secondary N) is 1. The Morgan fingerprint density at radius 1 is 1.15 bits per heavy atom. The molecule has 39 heavy (non-hydrogen) atoms. The highest BCUT2D eigenvalue weighted by Crippen LogP contribution is 2.43. The van der Waals surface area contributed by atoms with Crippen LogP contribution in [0.25, 0.3) is 16.8 Å². The molecule has 1 unspecified atom stereocenters. The van der Waals surface area contributed by atoms with Gasteiger partial charge in [-0.25, -0.2) is 4.98 Å². The Balaban J connectivity index is 0.000000218. The first-order chi connectivity index (χ1) is 19.1. The number of anilines is 1. The first-order valence-corrected chi connectivity index (χ1v) is 14.3. The number of pyridine rings is 1. The van der Waals surface area contributed by atoms with E-state index in [4.69, 9.17) is 9.57 Å². The first-order valence-electron chi connectivity index (χ1n) is 14.3. The first kappa shape index (κ1) is 29.9. The van der Waals surface area contributed by atoms with Crippen LogP contribution in [0.1, 0.15) is 89.2 Å². The zero-order chi connectivity index (χ0) is 28.2. The Morgan fingerprint density at radius 2 is 1.87 bits per heavy atom. The van der Waals surface area contributed by atoms with E-state index in [-0.39, 0.29) is 11.8 Å². The van der Waals surface area contributed by atoms with Crippen molar-refractivity contribution in [1.29, 1.82) is 0 Å². The summed E-state index contributed by atoms with van der Waals surface area (Å²) in [6.07, 6.45) is 15.6. The van der Waals surface area contributed by atoms with Crippen LogP contribution in [0.15, 0.2) is 54.0 Å². The van der Waals surface area contributed by atoms with Gasteiger partial charge in [0.25, 0.3) is 0 Å². The van der Waals surface area contributed by atoms with Gasteiger partial charge >= 0.3 is 0 Å². The van der Waals surface area contributed by atoms with Crippen molar-refractivity contribution in [2.75, 3.05) is 19.1 Å². The summed E-state index contributed by atoms with van der Waals surface area (Å²) in [7, 11) is 3.52. The molecule has 1 aliphatic heterocycles. The summed E-state index contributed by atoms with van der Waals surface area (Å²) < 4.78 is 5.07. The maximum absolute atomic E-state index is 12.7. The number of methoxy groups -OCH3 is 1. The third kappa shape index (κ3) is 7.28. The number of carbonyl (C=O) groups is 1. The average Bonchev–Trinajstić information content (AvgIpc) is 3.56. The molecule has 0 saturated heterocycles. The number of amides is 1. The van der Waals surface area contributed by atoms with Crippen molar-refractivity contribution >= 4 is 35.1 Å². The average molecular weight is 533 g/mol. The number of nitrogens with zero attached hydrogens (tertiary/aromatic N) is 3. The van der Waals surface area contributed by atoms with Crippen LogP contribution < -0.4 is 9.64 Å². The van der Waals surface area contributed by atoms with Crippen molar-refractivity contribution in [2.45, 2.75) is 78.1 Å². The Morgan fingerprint density at radius 3 is 2.51 bits per heavy atom. The lowest BCUT2D eigenvalue weighted by atomic mass is 9.83. The molecule has 1 aliphatic carbocycles. The van der Waals surface area contributed by atoms with E-state index in [0.29, 0.717) is 0 Å². The maximum Gasteiger partial charge on any atom is 0.234 e. The lowest BCUT2D eigenvalue weighted by molar-refractivity contribution is -0.119. The van der Waals surface area contributed by atoms with Gasteiger partial charge in [0, 0.05) is 36.5 Å². The van der Waals surface area contributed by atoms with Crippen molar-refractivity contribution in [3.8, 4) is 5.75 Å². The number of benzene rings is 1. The minimum atomic E-state index is 0.0169. The number of ether oxygens (including phenoxy) is 1. The Bertz CT molecular complexity index is 1230. The number of hydrogen-bond donors (Lipinski definition) is 1. The van der Waals surface area contributed by atoms with E-state index >= 15 is 0 Å². The number of aromatic nitrogens is 2. The number of hydrogen-bond acceptors (Lipinski definition) is 5. The number of allylic oxidation sites excluding steroid dienone is 1. The number of aromatic amines is 1. The van der Waals surface area contributed by atoms with Crippen molar-refractivity contribution in [2.24, 2.45) is 11.1 Å². The van der Waals surface area contributed by atoms with Crippen molar-refractivity contribution in [3.05, 3.63) is 59.9 Å². The Hall–Kier alpha value is -3.61. The second-order valence-electron chi connectivity index (χ2n) is 9.75. The van der Waals surface area contributed by atoms with Gasteiger partial charge in [0.05, 0.1) is 24.9 Å². The molecule has 0 spiro atoms. The standard InChI is InChI=1S/C18H23N3O.C12H15NO2.C2H6/c1-21-15-11-20-17-13(9-10-19-17)16(15)14(18(21)22)8-7-12-5-3-2-4-6-12;1-4-5-12(15-13-2)10-6-8-11(14-3)9-7-10;1-2/h9-12,14H,2-8H2,1H3,(H,19,20);5-9H,2,4H2,1,3H3;1-2H3/b;12-5+;. The summed E-state index contributed by atoms with van der Waals surface area (Å²) >= 11 is 0. The molecule has 7 nitrogen and oxygen atoms in total. The molecule has 0 radical (unpaired) electrons. The molecule has 1 fully saturated rings. The highest BCUT2D eigenvalue weighted by molar-refractivity contribution is 6.08. The van der Waals surface area contributed by atoms with Crippen LogP contribution in [0, 0.1) is 5.92 Å². The lowest BCUT2D eigenvalue weighted by Gasteiger charge is -2.22. The van der Waals surface area contributed by atoms with Gasteiger partial charge in [-0.2, -0.15) is 0 Å². The van der Waals surface area contributed by atoms with Crippen LogP contribution in [-0.2, 0) is 9.63 Å². The fraction of sp³-hybridized carbons (Fsp3) is 0.469. The summed E-state index contributed by atoms with van der Waals surface area (Å²) in [4.78, 5) is 27.2. The number of likely N-dealkylation sites (N-methyl/N-ethyl adjacent to an activating group) is 1. The topological polar surface area (TPSA) is 79.8 Å². The van der Waals surface area contributed by atoms with Crippen LogP contribution in [0.2, 0.25) is 0 Å². The molecule has 7 heteroatoms. The summed E-state index contributed by atoms with van der Waals surface area (Å²) in [6, 6.07) is 9.66. The van der Waals surface area contributed by atoms with E-state index in [1.165, 1.54) is 44.1 Å². The van der Waals surface area contributed by atoms with Gasteiger partial charge < -0.3 is 19.5 Å². The molecule has 5 rings (SSSR count). The molecule has 2 aromatic heterocycles. The number of carbonyl (C=O) groups excluding carboxylic acids is 1. The minimum absolute atomic E-state index is 0.0169. The molecular weight excluding hydrogens is 488 g/mol. The number of H-pyrrole nitrogens is 1. The highest BCUT2D eigenvalue weighted by Gasteiger charge is 2.37. The minimum Gasteiger partial charge on any atom is -0.497 e. The predicted molar refractivity (Wildman–Crippen MR) is 161 cm³/mol. The van der Waals surface area contributed by atoms with Gasteiger partial charge in [-0.15, -0.1) is 0 Å². The summed E-state index contributed by atoms with van der Waals surface area (Å²) in [5.41, 5.74) is 4.04. The molecule has 1 N–H and O–H groups in total. The van der Waals surface area contributed by atoms with E-state index in [2.05, 4.69) is 27.9 Å². The molecule has 1 atom stereocenters. The smallest absolute Gasteiger partial charge is 0.234 e. The van der Waals surface area contributed by atoms with E-state index < -0.39 is 0 Å². The molecule has 2 aliphatic rings. The van der Waals surface area contributed by atoms with Crippen molar-refractivity contribution in [3.63, 3.8) is 0 Å². The lowest BCUT2D eigenvalue weighted by Crippen LogP contribution is -2.24. The van der Waals surface area contributed by atoms with Crippen LogP contribution in [0.4, 0.5) is 5.69 Å². The van der Waals surface area contributed by atoms with Crippen LogP contribution in [0.3, 0.4) is 0 Å². The molecule has 0 bridgehead atoms. The Labute approximate surface area is 233 Å². The molecule has 210 valence electrons. The molecule has 1 aromatic carbocycles. The summed E-state index contributed by atoms with van der Waals surface area (Å²) in [5, 5.41) is 4.54. The summed E-state index contributed by atoms with van der Waals surface area (Å²) in [6.45, 7) is 9.34. The fourth-order valence-corrected chi connectivity index (χ4v) is 5.49. The van der Waals surface area contributed by atoms with Gasteiger partial charge in [0.1, 0.15) is 11.4 Å². The molecule has 1 amide bonds. The molecule has 1 saturated carbocycles. The zero-order valence-corrected chi connectivity index (χ0v) is 24.2. The van der Waals surface area contributed by atoms with E-state index in [1.54, 1.807) is 12.0 Å². The molecule has 3 heterocycles. The normalized spacial score (nSPS) is 17.1. The zero-order valence-electron chi connectivity index (χ0n) is 24.2. The molecule has 3 aromatic rings. The third-order valence-electron chi connectivity index (χ3n) is 7.46. The van der Waals surface area contributed by atoms with E-state index in [0.717, 1.165) is 52.6 Å². The maximum atomic E-state index is 12.7. The van der Waals surface area contributed by atoms with Gasteiger partial charge in [-0.05, 0) is 61.6 Å². The van der Waals surface area contributed by atoms with E-state index in [9.17, 15) is 4.79 Å². The molecular formula is C32H44N4O3. The van der Waals surface area contributed by atoms with Gasteiger partial charge in [0.2, 0.25) is 5.91 Å². The monoisotopic (exact) mass is 532 g/mol. The predicted octanol–water partition coefficient (Wildman–Crippen LogP) is 8.09. The summed E-state index contributed by atoms with van der Waals surface area (Å²) in [5.74, 6) is 2.61. The number of oxime groups is 1. The second kappa shape index (κ2) is 15.1. The van der Waals surface area contributed by atoms with Crippen LogP contribution >= 0.6 is 0 Å². The van der Waals surface area contributed by atoms with E-state index in [1.807, 2.05) is 70.6 Å². The third-order valence-corrected chi connectivity index (χ3v) is 7.46.